The predicted octanol–water partition coefficient (Wildman–Crippen LogP) is 2.48. The Labute approximate surface area is 118 Å². The van der Waals surface area contributed by atoms with Crippen LogP contribution in [0.1, 0.15) is 25.0 Å². The molecule has 1 saturated heterocycles. The zero-order chi connectivity index (χ0) is 14.6. The molecule has 0 radical (unpaired) electrons. The monoisotopic (exact) mass is 307 g/mol. The quantitative estimate of drug-likeness (QED) is 0.586. The van der Waals surface area contributed by atoms with Crippen LogP contribution in [0.3, 0.4) is 0 Å². The Morgan fingerprint density at radius 2 is 2.15 bits per heavy atom. The third-order valence-electron chi connectivity index (χ3n) is 2.93. The molecule has 0 aliphatic carbocycles. The Kier molecular flexibility index (Phi) is 4.92. The number of hydrazine groups is 1. The van der Waals surface area contributed by atoms with Crippen molar-refractivity contribution in [3.63, 3.8) is 0 Å². The van der Waals surface area contributed by atoms with E-state index in [1.54, 1.807) is 0 Å². The molecule has 0 saturated carbocycles. The fraction of sp³-hybridized carbons (Fsp3) is 0.636. The lowest BCUT2D eigenvalue weighted by molar-refractivity contribution is -0.141. The van der Waals surface area contributed by atoms with E-state index in [1.807, 2.05) is 11.8 Å². The third-order valence-corrected chi connectivity index (χ3v) is 4.33. The number of hydrogen-bond acceptors (Lipinski definition) is 6. The molecule has 1 aromatic heterocycles. The van der Waals surface area contributed by atoms with E-state index in [2.05, 4.69) is 20.7 Å². The smallest absolute Gasteiger partial charge is 0.369 e. The van der Waals surface area contributed by atoms with Crippen LogP contribution in [0.4, 0.5) is 24.9 Å². The van der Waals surface area contributed by atoms with Gasteiger partial charge in [0.1, 0.15) is 5.82 Å². The van der Waals surface area contributed by atoms with Crippen LogP contribution in [0, 0.1) is 0 Å². The molecule has 1 aromatic rings. The zero-order valence-corrected chi connectivity index (χ0v) is 11.5. The number of alkyl halides is 3. The van der Waals surface area contributed by atoms with E-state index < -0.39 is 11.9 Å². The largest absolute Gasteiger partial charge is 0.433 e. The highest BCUT2D eigenvalue weighted by Crippen LogP contribution is 2.30. The van der Waals surface area contributed by atoms with Gasteiger partial charge >= 0.3 is 6.18 Å². The summed E-state index contributed by atoms with van der Waals surface area (Å²) >= 11 is 1.83. The Bertz CT molecular complexity index is 448. The molecule has 0 amide bonds. The molecule has 0 aromatic carbocycles. The van der Waals surface area contributed by atoms with Gasteiger partial charge in [0.05, 0.1) is 0 Å². The van der Waals surface area contributed by atoms with Gasteiger partial charge in [-0.2, -0.15) is 29.9 Å². The molecule has 0 spiro atoms. The normalized spacial score (nSPS) is 19.7. The highest BCUT2D eigenvalue weighted by molar-refractivity contribution is 7.99. The van der Waals surface area contributed by atoms with Crippen LogP contribution < -0.4 is 16.6 Å². The van der Waals surface area contributed by atoms with E-state index in [4.69, 9.17) is 5.84 Å². The summed E-state index contributed by atoms with van der Waals surface area (Å²) < 4.78 is 38.1. The summed E-state index contributed by atoms with van der Waals surface area (Å²) in [4.78, 5) is 7.18. The number of rotatable bonds is 4. The van der Waals surface area contributed by atoms with E-state index in [1.165, 1.54) is 6.42 Å². The molecule has 0 bridgehead atoms. The number of thioether (sulfide) groups is 1. The second-order valence-electron chi connectivity index (χ2n) is 4.47. The molecular formula is C11H16F3N5S. The van der Waals surface area contributed by atoms with Crippen LogP contribution in [0.25, 0.3) is 0 Å². The molecule has 1 atom stereocenters. The van der Waals surface area contributed by atoms with Crippen molar-refractivity contribution in [2.75, 3.05) is 23.0 Å². The van der Waals surface area contributed by atoms with E-state index in [-0.39, 0.29) is 11.8 Å². The Morgan fingerprint density at radius 1 is 1.35 bits per heavy atom. The molecular weight excluding hydrogens is 291 g/mol. The van der Waals surface area contributed by atoms with Crippen molar-refractivity contribution in [1.29, 1.82) is 0 Å². The van der Waals surface area contributed by atoms with Crippen molar-refractivity contribution < 1.29 is 13.2 Å². The van der Waals surface area contributed by atoms with E-state index in [0.717, 1.165) is 24.7 Å². The van der Waals surface area contributed by atoms with Crippen molar-refractivity contribution >= 4 is 23.5 Å². The first-order valence-corrected chi connectivity index (χ1v) is 7.32. The topological polar surface area (TPSA) is 75.9 Å². The standard InChI is InChI=1S/C11H16F3N5S/c12-11(13,14)8-5-9(18-10(17-8)19-15)16-6-7-3-1-2-4-20-7/h5,7H,1-4,6,15H2,(H2,16,17,18,19). The number of nitrogens with zero attached hydrogens (tertiary/aromatic N) is 2. The van der Waals surface area contributed by atoms with Crippen molar-refractivity contribution in [3.05, 3.63) is 11.8 Å². The van der Waals surface area contributed by atoms with Gasteiger partial charge in [0.15, 0.2) is 5.69 Å². The molecule has 2 heterocycles. The third kappa shape index (κ3) is 4.14. The first kappa shape index (κ1) is 15.2. The van der Waals surface area contributed by atoms with E-state index in [9.17, 15) is 13.2 Å². The summed E-state index contributed by atoms with van der Waals surface area (Å²) in [5, 5.41) is 3.34. The maximum atomic E-state index is 12.7. The number of nitrogens with one attached hydrogen (secondary N) is 2. The van der Waals surface area contributed by atoms with Gasteiger partial charge < -0.3 is 5.32 Å². The van der Waals surface area contributed by atoms with Gasteiger partial charge in [-0.05, 0) is 18.6 Å². The second kappa shape index (κ2) is 6.49. The van der Waals surface area contributed by atoms with Crippen molar-refractivity contribution in [2.24, 2.45) is 5.84 Å². The SMILES string of the molecule is NNc1nc(NCC2CCCCS2)cc(C(F)(F)F)n1. The van der Waals surface area contributed by atoms with Crippen LogP contribution in [-0.4, -0.2) is 27.5 Å². The van der Waals surface area contributed by atoms with Gasteiger partial charge in [0.2, 0.25) is 5.95 Å². The maximum absolute atomic E-state index is 12.7. The average Bonchev–Trinajstić information content (AvgIpc) is 2.45. The summed E-state index contributed by atoms with van der Waals surface area (Å²) in [7, 11) is 0. The molecule has 9 heteroatoms. The first-order valence-electron chi connectivity index (χ1n) is 6.27. The van der Waals surface area contributed by atoms with Crippen LogP contribution in [0.2, 0.25) is 0 Å². The minimum absolute atomic E-state index is 0.131. The highest BCUT2D eigenvalue weighted by atomic mass is 32.2. The Hall–Kier alpha value is -1.22. The van der Waals surface area contributed by atoms with Gasteiger partial charge in [-0.25, -0.2) is 10.8 Å². The summed E-state index contributed by atoms with van der Waals surface area (Å²) in [6.07, 6.45) is -1.10. The van der Waals surface area contributed by atoms with Gasteiger partial charge in [-0.3, -0.25) is 5.43 Å². The molecule has 1 unspecified atom stereocenters. The van der Waals surface area contributed by atoms with Gasteiger partial charge in [0, 0.05) is 17.9 Å². The molecule has 1 aliphatic rings. The predicted molar refractivity (Wildman–Crippen MR) is 73.4 cm³/mol. The molecule has 1 aliphatic heterocycles. The Balaban J connectivity index is 2.06. The lowest BCUT2D eigenvalue weighted by atomic mass is 10.2. The number of nitrogen functional groups attached to an aromatic ring is 1. The fourth-order valence-corrected chi connectivity index (χ4v) is 3.17. The van der Waals surface area contributed by atoms with Crippen LogP contribution >= 0.6 is 11.8 Å². The minimum Gasteiger partial charge on any atom is -0.369 e. The number of halogens is 3. The van der Waals surface area contributed by atoms with Gasteiger partial charge in [0.25, 0.3) is 0 Å². The molecule has 4 N–H and O–H groups in total. The lowest BCUT2D eigenvalue weighted by Gasteiger charge is -2.21. The van der Waals surface area contributed by atoms with Crippen LogP contribution in [-0.2, 0) is 6.18 Å². The average molecular weight is 307 g/mol. The van der Waals surface area contributed by atoms with Crippen molar-refractivity contribution in [2.45, 2.75) is 30.7 Å². The number of hydrogen-bond donors (Lipinski definition) is 3. The van der Waals surface area contributed by atoms with E-state index >= 15 is 0 Å². The summed E-state index contributed by atoms with van der Waals surface area (Å²) in [6, 6.07) is 0.897. The van der Waals surface area contributed by atoms with Gasteiger partial charge in [-0.15, -0.1) is 0 Å². The first-order chi connectivity index (χ1) is 9.49. The van der Waals surface area contributed by atoms with E-state index in [0.29, 0.717) is 11.8 Å². The summed E-state index contributed by atoms with van der Waals surface area (Å²) in [6.45, 7) is 0.586. The molecule has 5 nitrogen and oxygen atoms in total. The van der Waals surface area contributed by atoms with Crippen LogP contribution in [0.15, 0.2) is 6.07 Å². The highest BCUT2D eigenvalue weighted by Gasteiger charge is 2.33. The lowest BCUT2D eigenvalue weighted by Crippen LogP contribution is -2.22. The minimum atomic E-state index is -4.52. The number of anilines is 2. The number of nitrogens with two attached hydrogens (primary N) is 1. The molecule has 2 rings (SSSR count). The van der Waals surface area contributed by atoms with Crippen LogP contribution in [0.5, 0.6) is 0 Å². The second-order valence-corrected chi connectivity index (χ2v) is 5.88. The van der Waals surface area contributed by atoms with Crippen molar-refractivity contribution in [1.82, 2.24) is 9.97 Å². The summed E-state index contributed by atoms with van der Waals surface area (Å²) in [5.74, 6) is 6.07. The maximum Gasteiger partial charge on any atom is 0.433 e. The number of aromatic nitrogens is 2. The Morgan fingerprint density at radius 3 is 2.75 bits per heavy atom. The zero-order valence-electron chi connectivity index (χ0n) is 10.7. The van der Waals surface area contributed by atoms with Crippen molar-refractivity contribution in [3.8, 4) is 0 Å². The molecule has 1 fully saturated rings. The van der Waals surface area contributed by atoms with Gasteiger partial charge in [-0.1, -0.05) is 6.42 Å². The fourth-order valence-electron chi connectivity index (χ4n) is 1.93. The molecule has 20 heavy (non-hydrogen) atoms. The summed E-state index contributed by atoms with van der Waals surface area (Å²) in [5.41, 5.74) is 1.04. The molecule has 112 valence electrons.